The average Bonchev–Trinajstić information content (AvgIpc) is 2.67. The van der Waals surface area contributed by atoms with Crippen molar-refractivity contribution in [2.45, 2.75) is 51.0 Å². The van der Waals surface area contributed by atoms with Crippen molar-refractivity contribution in [3.05, 3.63) is 45.7 Å². The molecule has 0 radical (unpaired) electrons. The first-order chi connectivity index (χ1) is 12.2. The maximum Gasteiger partial charge on any atom is 0.251 e. The summed E-state index contributed by atoms with van der Waals surface area (Å²) in [4.78, 5) is 12.7. The van der Waals surface area contributed by atoms with Gasteiger partial charge in [0.15, 0.2) is 11.5 Å². The summed E-state index contributed by atoms with van der Waals surface area (Å²) in [5.41, 5.74) is 4.67. The van der Waals surface area contributed by atoms with Crippen LogP contribution < -0.4 is 15.0 Å². The minimum atomic E-state index is 0.124. The van der Waals surface area contributed by atoms with Gasteiger partial charge in [0.25, 0.3) is 5.56 Å². The Morgan fingerprint density at radius 2 is 1.68 bits per heavy atom. The molecule has 0 amide bonds. The van der Waals surface area contributed by atoms with Crippen LogP contribution in [0.3, 0.4) is 0 Å². The van der Waals surface area contributed by atoms with E-state index in [1.54, 1.807) is 14.2 Å². The number of ether oxygens (including phenoxy) is 2. The lowest BCUT2D eigenvalue weighted by molar-refractivity contribution is 0.354. The number of aryl methyl sites for hydroxylation is 1. The van der Waals surface area contributed by atoms with Crippen LogP contribution in [0.2, 0.25) is 0 Å². The first-order valence-corrected chi connectivity index (χ1v) is 9.21. The molecule has 1 aromatic heterocycles. The van der Waals surface area contributed by atoms with Gasteiger partial charge in [0, 0.05) is 18.2 Å². The van der Waals surface area contributed by atoms with E-state index >= 15 is 0 Å². The van der Waals surface area contributed by atoms with E-state index in [1.165, 1.54) is 43.2 Å². The zero-order chi connectivity index (χ0) is 17.4. The number of nitrogens with zero attached hydrogens (tertiary/aromatic N) is 1. The van der Waals surface area contributed by atoms with Crippen LogP contribution in [-0.4, -0.2) is 18.8 Å². The normalized spacial score (nSPS) is 16.9. The molecule has 0 N–H and O–H groups in total. The van der Waals surface area contributed by atoms with E-state index in [9.17, 15) is 4.79 Å². The smallest absolute Gasteiger partial charge is 0.251 e. The lowest BCUT2D eigenvalue weighted by atomic mass is 9.83. The van der Waals surface area contributed by atoms with Crippen LogP contribution in [0.25, 0.3) is 11.3 Å². The summed E-state index contributed by atoms with van der Waals surface area (Å²) in [5, 5.41) is 0. The zero-order valence-electron chi connectivity index (χ0n) is 15.0. The second kappa shape index (κ2) is 6.58. The molecule has 0 bridgehead atoms. The summed E-state index contributed by atoms with van der Waals surface area (Å²) in [6.45, 7) is 0.724. The van der Waals surface area contributed by atoms with Gasteiger partial charge in [-0.3, -0.25) is 4.79 Å². The van der Waals surface area contributed by atoms with Gasteiger partial charge >= 0.3 is 0 Å². The third-order valence-electron chi connectivity index (χ3n) is 5.72. The van der Waals surface area contributed by atoms with Gasteiger partial charge in [-0.05, 0) is 54.5 Å². The van der Waals surface area contributed by atoms with Crippen molar-refractivity contribution in [2.24, 2.45) is 0 Å². The number of hydrogen-bond acceptors (Lipinski definition) is 3. The summed E-state index contributed by atoms with van der Waals surface area (Å²) in [6.07, 6.45) is 7.09. The van der Waals surface area contributed by atoms with Crippen LogP contribution >= 0.6 is 0 Å². The van der Waals surface area contributed by atoms with Crippen LogP contribution in [0, 0.1) is 0 Å². The van der Waals surface area contributed by atoms with Crippen molar-refractivity contribution >= 4 is 0 Å². The van der Waals surface area contributed by atoms with E-state index in [1.807, 2.05) is 16.7 Å². The van der Waals surface area contributed by atoms with E-state index in [4.69, 9.17) is 9.47 Å². The molecular formula is C21H25NO3. The highest BCUT2D eigenvalue weighted by atomic mass is 16.5. The van der Waals surface area contributed by atoms with Gasteiger partial charge < -0.3 is 14.0 Å². The molecule has 2 heterocycles. The van der Waals surface area contributed by atoms with Gasteiger partial charge in [-0.2, -0.15) is 0 Å². The highest BCUT2D eigenvalue weighted by molar-refractivity contribution is 5.70. The third-order valence-corrected chi connectivity index (χ3v) is 5.72. The van der Waals surface area contributed by atoms with Gasteiger partial charge in [-0.25, -0.2) is 0 Å². The Kier molecular flexibility index (Phi) is 4.28. The fourth-order valence-corrected chi connectivity index (χ4v) is 4.34. The molecule has 4 heteroatoms. The minimum Gasteiger partial charge on any atom is -0.493 e. The van der Waals surface area contributed by atoms with Crippen LogP contribution in [0.15, 0.2) is 29.1 Å². The molecule has 1 aromatic carbocycles. The minimum absolute atomic E-state index is 0.124. The van der Waals surface area contributed by atoms with Crippen LogP contribution in [0.5, 0.6) is 11.5 Å². The molecule has 0 atom stereocenters. The molecule has 2 aromatic rings. The molecule has 0 saturated heterocycles. The van der Waals surface area contributed by atoms with Gasteiger partial charge in [0.1, 0.15) is 0 Å². The number of aromatic nitrogens is 1. The predicted octanol–water partition coefficient (Wildman–Crippen LogP) is 4.14. The molecule has 1 saturated carbocycles. The second-order valence-electron chi connectivity index (χ2n) is 7.11. The number of pyridine rings is 1. The Labute approximate surface area is 148 Å². The Morgan fingerprint density at radius 1 is 0.960 bits per heavy atom. The van der Waals surface area contributed by atoms with Gasteiger partial charge in [0.2, 0.25) is 0 Å². The van der Waals surface area contributed by atoms with Crippen LogP contribution in [-0.2, 0) is 13.0 Å². The lowest BCUT2D eigenvalue weighted by Crippen LogP contribution is -2.26. The van der Waals surface area contributed by atoms with Crippen molar-refractivity contribution in [2.75, 3.05) is 14.2 Å². The fraction of sp³-hybridized carbons (Fsp3) is 0.476. The maximum absolute atomic E-state index is 12.7. The predicted molar refractivity (Wildman–Crippen MR) is 98.8 cm³/mol. The Hall–Kier alpha value is -2.23. The molecule has 1 fully saturated rings. The van der Waals surface area contributed by atoms with E-state index < -0.39 is 0 Å². The van der Waals surface area contributed by atoms with E-state index in [0.29, 0.717) is 11.7 Å². The fourth-order valence-electron chi connectivity index (χ4n) is 4.34. The van der Waals surface area contributed by atoms with Gasteiger partial charge in [0.05, 0.1) is 19.9 Å². The van der Waals surface area contributed by atoms with E-state index in [0.717, 1.165) is 30.0 Å². The first kappa shape index (κ1) is 16.2. The summed E-state index contributed by atoms with van der Waals surface area (Å²) in [5.74, 6) is 1.99. The molecule has 25 heavy (non-hydrogen) atoms. The first-order valence-electron chi connectivity index (χ1n) is 9.21. The molecule has 4 rings (SSSR count). The number of benzene rings is 1. The van der Waals surface area contributed by atoms with Crippen molar-refractivity contribution in [1.82, 2.24) is 4.57 Å². The standard InChI is InChI=1S/C21H25NO3/c1-24-19-11-15-8-9-22-18(17(15)13-20(19)25-2)10-16(12-21(22)23)14-6-4-3-5-7-14/h10-14H,3-9H2,1-2H3. The number of hydrogen-bond donors (Lipinski definition) is 0. The SMILES string of the molecule is COc1cc2c(cc1OC)-c1cc(C3CCCCC3)cc(=O)n1CC2. The molecule has 4 nitrogen and oxygen atoms in total. The summed E-state index contributed by atoms with van der Waals surface area (Å²) < 4.78 is 12.8. The quantitative estimate of drug-likeness (QED) is 0.844. The van der Waals surface area contributed by atoms with Crippen molar-refractivity contribution in [3.63, 3.8) is 0 Å². The van der Waals surface area contributed by atoms with Crippen molar-refractivity contribution in [1.29, 1.82) is 0 Å². The summed E-state index contributed by atoms with van der Waals surface area (Å²) >= 11 is 0. The Balaban J connectivity index is 1.85. The van der Waals surface area contributed by atoms with E-state index in [-0.39, 0.29) is 5.56 Å². The second-order valence-corrected chi connectivity index (χ2v) is 7.11. The Morgan fingerprint density at radius 3 is 2.40 bits per heavy atom. The number of methoxy groups -OCH3 is 2. The topological polar surface area (TPSA) is 40.5 Å². The average molecular weight is 339 g/mol. The summed E-state index contributed by atoms with van der Waals surface area (Å²) in [6, 6.07) is 8.17. The third kappa shape index (κ3) is 2.84. The molecule has 1 aliphatic carbocycles. The van der Waals surface area contributed by atoms with Crippen molar-refractivity contribution < 1.29 is 9.47 Å². The highest BCUT2D eigenvalue weighted by Gasteiger charge is 2.23. The maximum atomic E-state index is 12.7. The number of fused-ring (bicyclic) bond motifs is 3. The monoisotopic (exact) mass is 339 g/mol. The largest absolute Gasteiger partial charge is 0.493 e. The molecule has 0 spiro atoms. The molecule has 132 valence electrons. The number of rotatable bonds is 3. The molecule has 0 unspecified atom stereocenters. The van der Waals surface area contributed by atoms with Crippen molar-refractivity contribution in [3.8, 4) is 22.8 Å². The molecule has 1 aliphatic heterocycles. The van der Waals surface area contributed by atoms with Crippen LogP contribution in [0.4, 0.5) is 0 Å². The highest BCUT2D eigenvalue weighted by Crippen LogP contribution is 2.39. The lowest BCUT2D eigenvalue weighted by Gasteiger charge is -2.27. The van der Waals surface area contributed by atoms with Gasteiger partial charge in [-0.15, -0.1) is 0 Å². The Bertz CT molecular complexity index is 847. The zero-order valence-corrected chi connectivity index (χ0v) is 15.0. The van der Waals surface area contributed by atoms with Gasteiger partial charge in [-0.1, -0.05) is 19.3 Å². The van der Waals surface area contributed by atoms with E-state index in [2.05, 4.69) is 12.1 Å². The molecular weight excluding hydrogens is 314 g/mol. The van der Waals surface area contributed by atoms with Crippen LogP contribution in [0.1, 0.15) is 49.1 Å². The molecule has 2 aliphatic rings. The summed E-state index contributed by atoms with van der Waals surface area (Å²) in [7, 11) is 3.31.